The maximum Gasteiger partial charge on any atom is 0.217 e. The number of aryl methyl sites for hydroxylation is 1. The van der Waals surface area contributed by atoms with Crippen molar-refractivity contribution in [3.63, 3.8) is 0 Å². The standard InChI is InChI=1S/C14H20N4O/c1-9(2)8-12(16-10(3)19)14-17-11-6-5-7-15-13(11)18(14)4/h5-7,9,12H,8H2,1-4H3,(H,16,19). The highest BCUT2D eigenvalue weighted by atomic mass is 16.1. The van der Waals surface area contributed by atoms with Crippen molar-refractivity contribution in [2.24, 2.45) is 13.0 Å². The molecular weight excluding hydrogens is 240 g/mol. The molecular formula is C14H20N4O. The van der Waals surface area contributed by atoms with E-state index in [-0.39, 0.29) is 11.9 Å². The molecule has 5 heteroatoms. The molecule has 0 saturated heterocycles. The van der Waals surface area contributed by atoms with Crippen molar-refractivity contribution in [2.45, 2.75) is 33.2 Å². The second kappa shape index (κ2) is 5.38. The van der Waals surface area contributed by atoms with Gasteiger partial charge in [0.2, 0.25) is 5.91 Å². The molecule has 19 heavy (non-hydrogen) atoms. The van der Waals surface area contributed by atoms with Crippen LogP contribution in [0.15, 0.2) is 18.3 Å². The molecule has 0 aromatic carbocycles. The molecule has 2 heterocycles. The summed E-state index contributed by atoms with van der Waals surface area (Å²) in [5, 5.41) is 2.98. The summed E-state index contributed by atoms with van der Waals surface area (Å²) in [4.78, 5) is 20.3. The number of fused-ring (bicyclic) bond motifs is 1. The van der Waals surface area contributed by atoms with Crippen LogP contribution in [0.2, 0.25) is 0 Å². The molecule has 102 valence electrons. The van der Waals surface area contributed by atoms with E-state index in [9.17, 15) is 4.79 Å². The smallest absolute Gasteiger partial charge is 0.217 e. The van der Waals surface area contributed by atoms with Crippen molar-refractivity contribution in [1.82, 2.24) is 19.9 Å². The largest absolute Gasteiger partial charge is 0.346 e. The summed E-state index contributed by atoms with van der Waals surface area (Å²) >= 11 is 0. The molecule has 0 saturated carbocycles. The van der Waals surface area contributed by atoms with Crippen molar-refractivity contribution in [3.8, 4) is 0 Å². The zero-order valence-electron chi connectivity index (χ0n) is 11.8. The Morgan fingerprint density at radius 3 is 2.79 bits per heavy atom. The van der Waals surface area contributed by atoms with Crippen molar-refractivity contribution in [2.75, 3.05) is 0 Å². The Labute approximate surface area is 113 Å². The molecule has 2 aromatic rings. The summed E-state index contributed by atoms with van der Waals surface area (Å²) in [5.74, 6) is 1.30. The van der Waals surface area contributed by atoms with Crippen molar-refractivity contribution < 1.29 is 4.79 Å². The molecule has 0 fully saturated rings. The number of rotatable bonds is 4. The van der Waals surface area contributed by atoms with E-state index in [1.54, 1.807) is 6.20 Å². The van der Waals surface area contributed by atoms with Gasteiger partial charge >= 0.3 is 0 Å². The van der Waals surface area contributed by atoms with Crippen LogP contribution in [0.5, 0.6) is 0 Å². The predicted molar refractivity (Wildman–Crippen MR) is 74.5 cm³/mol. The Bertz CT molecular complexity index is 588. The summed E-state index contributed by atoms with van der Waals surface area (Å²) in [6.45, 7) is 5.81. The number of nitrogens with zero attached hydrogens (tertiary/aromatic N) is 3. The lowest BCUT2D eigenvalue weighted by molar-refractivity contribution is -0.119. The van der Waals surface area contributed by atoms with Gasteiger partial charge in [0.05, 0.1) is 6.04 Å². The molecule has 0 bridgehead atoms. The first-order chi connectivity index (χ1) is 8.99. The van der Waals surface area contributed by atoms with Gasteiger partial charge in [-0.2, -0.15) is 0 Å². The highest BCUT2D eigenvalue weighted by molar-refractivity contribution is 5.74. The van der Waals surface area contributed by atoms with Gasteiger partial charge in [0, 0.05) is 20.2 Å². The number of amides is 1. The van der Waals surface area contributed by atoms with Gasteiger partial charge in [-0.3, -0.25) is 4.79 Å². The minimum atomic E-state index is -0.0725. The van der Waals surface area contributed by atoms with E-state index >= 15 is 0 Å². The van der Waals surface area contributed by atoms with Gasteiger partial charge < -0.3 is 9.88 Å². The number of carbonyl (C=O) groups excluding carboxylic acids is 1. The van der Waals surface area contributed by atoms with Gasteiger partial charge in [0.1, 0.15) is 11.3 Å². The van der Waals surface area contributed by atoms with Crippen LogP contribution in [0.4, 0.5) is 0 Å². The van der Waals surface area contributed by atoms with E-state index < -0.39 is 0 Å². The van der Waals surface area contributed by atoms with Crippen LogP contribution < -0.4 is 5.32 Å². The van der Waals surface area contributed by atoms with Crippen LogP contribution in [0, 0.1) is 5.92 Å². The molecule has 1 atom stereocenters. The van der Waals surface area contributed by atoms with Gasteiger partial charge in [-0.1, -0.05) is 13.8 Å². The van der Waals surface area contributed by atoms with Gasteiger partial charge in [-0.25, -0.2) is 9.97 Å². The number of pyridine rings is 1. The normalized spacial score (nSPS) is 12.9. The minimum Gasteiger partial charge on any atom is -0.346 e. The lowest BCUT2D eigenvalue weighted by Crippen LogP contribution is -2.29. The SMILES string of the molecule is CC(=O)NC(CC(C)C)c1nc2cccnc2n1C. The molecule has 2 aromatic heterocycles. The van der Waals surface area contributed by atoms with Crippen LogP contribution in [0.25, 0.3) is 11.2 Å². The van der Waals surface area contributed by atoms with Crippen LogP contribution in [-0.2, 0) is 11.8 Å². The molecule has 0 radical (unpaired) electrons. The van der Waals surface area contributed by atoms with E-state index in [1.165, 1.54) is 6.92 Å². The minimum absolute atomic E-state index is 0.0364. The topological polar surface area (TPSA) is 59.8 Å². The average molecular weight is 260 g/mol. The summed E-state index contributed by atoms with van der Waals surface area (Å²) in [5.41, 5.74) is 1.70. The predicted octanol–water partition coefficient (Wildman–Crippen LogP) is 2.19. The van der Waals surface area contributed by atoms with E-state index in [1.807, 2.05) is 23.7 Å². The zero-order chi connectivity index (χ0) is 14.0. The van der Waals surface area contributed by atoms with E-state index in [2.05, 4.69) is 29.1 Å². The third-order valence-electron chi connectivity index (χ3n) is 3.06. The summed E-state index contributed by atoms with van der Waals surface area (Å²) in [6.07, 6.45) is 2.61. The zero-order valence-corrected chi connectivity index (χ0v) is 11.8. The average Bonchev–Trinajstić information content (AvgIpc) is 2.65. The second-order valence-electron chi connectivity index (χ2n) is 5.26. The van der Waals surface area contributed by atoms with Gasteiger partial charge in [-0.05, 0) is 24.5 Å². The van der Waals surface area contributed by atoms with Gasteiger partial charge in [0.15, 0.2) is 5.65 Å². The summed E-state index contributed by atoms with van der Waals surface area (Å²) in [6, 6.07) is 3.73. The third kappa shape index (κ3) is 2.92. The first-order valence-electron chi connectivity index (χ1n) is 6.53. The molecule has 0 aliphatic heterocycles. The van der Waals surface area contributed by atoms with E-state index in [0.29, 0.717) is 5.92 Å². The fourth-order valence-corrected chi connectivity index (χ4v) is 2.30. The number of nitrogens with one attached hydrogen (secondary N) is 1. The highest BCUT2D eigenvalue weighted by Gasteiger charge is 2.20. The first-order valence-corrected chi connectivity index (χ1v) is 6.53. The molecule has 1 unspecified atom stereocenters. The second-order valence-corrected chi connectivity index (χ2v) is 5.26. The Hall–Kier alpha value is -1.91. The first kappa shape index (κ1) is 13.5. The molecule has 0 aliphatic rings. The Morgan fingerprint density at radius 1 is 1.47 bits per heavy atom. The van der Waals surface area contributed by atoms with E-state index in [4.69, 9.17) is 0 Å². The maximum absolute atomic E-state index is 11.4. The molecule has 5 nitrogen and oxygen atoms in total. The molecule has 0 aliphatic carbocycles. The highest BCUT2D eigenvalue weighted by Crippen LogP contribution is 2.23. The Balaban J connectivity index is 2.43. The van der Waals surface area contributed by atoms with Crippen LogP contribution in [0.3, 0.4) is 0 Å². The van der Waals surface area contributed by atoms with E-state index in [0.717, 1.165) is 23.4 Å². The number of carbonyl (C=O) groups is 1. The molecule has 2 rings (SSSR count). The van der Waals surface area contributed by atoms with Crippen LogP contribution in [0.1, 0.15) is 39.1 Å². The van der Waals surface area contributed by atoms with Crippen LogP contribution >= 0.6 is 0 Å². The number of hydrogen-bond donors (Lipinski definition) is 1. The van der Waals surface area contributed by atoms with Gasteiger partial charge in [0.25, 0.3) is 0 Å². The fraction of sp³-hybridized carbons (Fsp3) is 0.500. The van der Waals surface area contributed by atoms with Crippen molar-refractivity contribution in [1.29, 1.82) is 0 Å². The van der Waals surface area contributed by atoms with Crippen molar-refractivity contribution >= 4 is 17.1 Å². The lowest BCUT2D eigenvalue weighted by Gasteiger charge is -2.19. The summed E-state index contributed by atoms with van der Waals surface area (Å²) in [7, 11) is 1.94. The van der Waals surface area contributed by atoms with Gasteiger partial charge in [-0.15, -0.1) is 0 Å². The summed E-state index contributed by atoms with van der Waals surface area (Å²) < 4.78 is 1.96. The maximum atomic E-state index is 11.4. The molecule has 1 N–H and O–H groups in total. The fourth-order valence-electron chi connectivity index (χ4n) is 2.30. The Kier molecular flexibility index (Phi) is 3.83. The third-order valence-corrected chi connectivity index (χ3v) is 3.06. The number of hydrogen-bond acceptors (Lipinski definition) is 3. The van der Waals surface area contributed by atoms with Crippen LogP contribution in [-0.4, -0.2) is 20.4 Å². The molecule has 0 spiro atoms. The lowest BCUT2D eigenvalue weighted by atomic mass is 10.0. The monoisotopic (exact) mass is 260 g/mol. The number of imidazole rings is 1. The number of aromatic nitrogens is 3. The molecule has 1 amide bonds. The quantitative estimate of drug-likeness (QED) is 0.916. The Morgan fingerprint density at radius 2 is 2.21 bits per heavy atom. The van der Waals surface area contributed by atoms with Crippen molar-refractivity contribution in [3.05, 3.63) is 24.2 Å².